The number of amides is 1. The number of rotatable bonds is 7. The molecule has 0 spiro atoms. The number of nitrogens with one attached hydrogen (secondary N) is 1. The quantitative estimate of drug-likeness (QED) is 0.246. The summed E-state index contributed by atoms with van der Waals surface area (Å²) in [6.07, 6.45) is 0. The molecule has 176 valence electrons. The van der Waals surface area contributed by atoms with Gasteiger partial charge in [0.05, 0.1) is 16.9 Å². The van der Waals surface area contributed by atoms with E-state index < -0.39 is 40.5 Å². The Morgan fingerprint density at radius 3 is 2.43 bits per heavy atom. The SMILES string of the molecule is O=C(COC(=O)c1nn(Cc2ccccc2)c(=O)c2ccccc12)Nc1ccc(F)c([N+](=O)[O-])c1. The smallest absolute Gasteiger partial charge is 0.359 e. The molecule has 1 N–H and O–H groups in total. The summed E-state index contributed by atoms with van der Waals surface area (Å²) in [5, 5.41) is 17.9. The average molecular weight is 476 g/mol. The zero-order valence-corrected chi connectivity index (χ0v) is 18.0. The topological polar surface area (TPSA) is 133 Å². The van der Waals surface area contributed by atoms with Crippen LogP contribution < -0.4 is 10.9 Å². The van der Waals surface area contributed by atoms with Gasteiger partial charge in [-0.25, -0.2) is 9.48 Å². The van der Waals surface area contributed by atoms with Gasteiger partial charge in [0.15, 0.2) is 12.3 Å². The van der Waals surface area contributed by atoms with Gasteiger partial charge in [-0.1, -0.05) is 48.5 Å². The first-order valence-electron chi connectivity index (χ1n) is 10.3. The Bertz CT molecular complexity index is 1500. The van der Waals surface area contributed by atoms with Crippen LogP contribution in [0.5, 0.6) is 0 Å². The van der Waals surface area contributed by atoms with E-state index in [1.807, 2.05) is 30.3 Å². The number of halogens is 1. The highest BCUT2D eigenvalue weighted by Gasteiger charge is 2.20. The summed E-state index contributed by atoms with van der Waals surface area (Å²) >= 11 is 0. The van der Waals surface area contributed by atoms with Gasteiger partial charge in [0.25, 0.3) is 11.5 Å². The second-order valence-electron chi connectivity index (χ2n) is 7.39. The molecule has 1 aromatic heterocycles. The molecule has 4 aromatic rings. The summed E-state index contributed by atoms with van der Waals surface area (Å²) in [5.74, 6) is -2.80. The Balaban J connectivity index is 1.54. The van der Waals surface area contributed by atoms with Gasteiger partial charge in [-0.2, -0.15) is 9.49 Å². The molecule has 0 saturated heterocycles. The van der Waals surface area contributed by atoms with Crippen molar-refractivity contribution in [1.29, 1.82) is 0 Å². The molecule has 0 atom stereocenters. The highest BCUT2D eigenvalue weighted by atomic mass is 19.1. The Hall–Kier alpha value is -4.93. The Kier molecular flexibility index (Phi) is 6.58. The van der Waals surface area contributed by atoms with Crippen molar-refractivity contribution in [3.8, 4) is 0 Å². The van der Waals surface area contributed by atoms with Crippen molar-refractivity contribution >= 4 is 34.0 Å². The van der Waals surface area contributed by atoms with Crippen molar-refractivity contribution < 1.29 is 23.6 Å². The van der Waals surface area contributed by atoms with Gasteiger partial charge in [-0.3, -0.25) is 19.7 Å². The van der Waals surface area contributed by atoms with Crippen LogP contribution >= 0.6 is 0 Å². The van der Waals surface area contributed by atoms with E-state index in [4.69, 9.17) is 4.74 Å². The number of esters is 1. The van der Waals surface area contributed by atoms with Gasteiger partial charge in [0, 0.05) is 17.1 Å². The molecule has 11 heteroatoms. The summed E-state index contributed by atoms with van der Waals surface area (Å²) in [7, 11) is 0. The minimum atomic E-state index is -1.05. The van der Waals surface area contributed by atoms with Gasteiger partial charge in [-0.15, -0.1) is 0 Å². The second kappa shape index (κ2) is 9.91. The van der Waals surface area contributed by atoms with Gasteiger partial charge in [0.2, 0.25) is 5.82 Å². The Labute approximate surface area is 196 Å². The number of benzene rings is 3. The molecular weight excluding hydrogens is 459 g/mol. The largest absolute Gasteiger partial charge is 0.451 e. The molecule has 4 rings (SSSR count). The minimum absolute atomic E-state index is 0.0425. The van der Waals surface area contributed by atoms with Crippen LogP contribution in [0.25, 0.3) is 10.8 Å². The third kappa shape index (κ3) is 5.19. The van der Waals surface area contributed by atoms with E-state index in [9.17, 15) is 28.9 Å². The number of hydrogen-bond donors (Lipinski definition) is 1. The van der Waals surface area contributed by atoms with E-state index in [-0.39, 0.29) is 28.7 Å². The maximum Gasteiger partial charge on any atom is 0.359 e. The van der Waals surface area contributed by atoms with Crippen LogP contribution in [-0.4, -0.2) is 33.2 Å². The molecule has 0 radical (unpaired) electrons. The van der Waals surface area contributed by atoms with Crippen LogP contribution in [-0.2, 0) is 16.1 Å². The van der Waals surface area contributed by atoms with Crippen molar-refractivity contribution in [3.05, 3.63) is 110 Å². The molecule has 3 aromatic carbocycles. The van der Waals surface area contributed by atoms with Crippen LogP contribution in [0.3, 0.4) is 0 Å². The number of nitro groups is 1. The number of anilines is 1. The number of nitro benzene ring substituents is 1. The summed E-state index contributed by atoms with van der Waals surface area (Å²) in [6.45, 7) is -0.619. The first-order chi connectivity index (χ1) is 16.8. The summed E-state index contributed by atoms with van der Waals surface area (Å²) < 4.78 is 19.7. The van der Waals surface area contributed by atoms with Crippen molar-refractivity contribution in [2.75, 3.05) is 11.9 Å². The molecule has 35 heavy (non-hydrogen) atoms. The lowest BCUT2D eigenvalue weighted by atomic mass is 10.1. The molecule has 0 saturated carbocycles. The van der Waals surface area contributed by atoms with E-state index in [2.05, 4.69) is 10.4 Å². The van der Waals surface area contributed by atoms with Crippen LogP contribution in [0.1, 0.15) is 16.1 Å². The standard InChI is InChI=1S/C24H17FN4O6/c25-19-11-10-16(12-20(19)29(33)34)26-21(30)14-35-24(32)22-17-8-4-5-9-18(17)23(31)28(27-22)13-15-6-2-1-3-7-15/h1-12H,13-14H2,(H,26,30). The Morgan fingerprint density at radius 2 is 1.71 bits per heavy atom. The zero-order valence-electron chi connectivity index (χ0n) is 18.0. The molecule has 0 aliphatic rings. The first kappa shape index (κ1) is 23.2. The number of carbonyl (C=O) groups excluding carboxylic acids is 2. The van der Waals surface area contributed by atoms with Crippen LogP contribution in [0.15, 0.2) is 77.6 Å². The molecule has 0 bridgehead atoms. The second-order valence-corrected chi connectivity index (χ2v) is 7.39. The van der Waals surface area contributed by atoms with Crippen molar-refractivity contribution in [2.45, 2.75) is 6.54 Å². The third-order valence-electron chi connectivity index (χ3n) is 5.00. The molecule has 1 heterocycles. The molecule has 0 unspecified atom stereocenters. The van der Waals surface area contributed by atoms with Crippen LogP contribution in [0.4, 0.5) is 15.8 Å². The molecular formula is C24H17FN4O6. The normalized spacial score (nSPS) is 10.7. The van der Waals surface area contributed by atoms with E-state index in [0.29, 0.717) is 0 Å². The lowest BCUT2D eigenvalue weighted by Gasteiger charge is -2.11. The number of fused-ring (bicyclic) bond motifs is 1. The van der Waals surface area contributed by atoms with Gasteiger partial charge in [-0.05, 0) is 23.8 Å². The fourth-order valence-electron chi connectivity index (χ4n) is 3.38. The fourth-order valence-corrected chi connectivity index (χ4v) is 3.38. The molecule has 10 nitrogen and oxygen atoms in total. The number of carbonyl (C=O) groups is 2. The van der Waals surface area contributed by atoms with Gasteiger partial charge >= 0.3 is 11.7 Å². The molecule has 1 amide bonds. The maximum absolute atomic E-state index is 13.5. The molecule has 0 aliphatic carbocycles. The van der Waals surface area contributed by atoms with Crippen molar-refractivity contribution in [1.82, 2.24) is 9.78 Å². The summed E-state index contributed by atoms with van der Waals surface area (Å²) in [5.41, 5.74) is -0.599. The number of ether oxygens (including phenoxy) is 1. The van der Waals surface area contributed by atoms with Crippen molar-refractivity contribution in [3.63, 3.8) is 0 Å². The van der Waals surface area contributed by atoms with Crippen molar-refractivity contribution in [2.24, 2.45) is 0 Å². The predicted octanol–water partition coefficient (Wildman–Crippen LogP) is 3.29. The fraction of sp³-hybridized carbons (Fsp3) is 0.0833. The van der Waals surface area contributed by atoms with E-state index >= 15 is 0 Å². The monoisotopic (exact) mass is 476 g/mol. The number of nitrogens with zero attached hydrogens (tertiary/aromatic N) is 3. The van der Waals surface area contributed by atoms with Gasteiger partial charge in [0.1, 0.15) is 0 Å². The number of hydrogen-bond acceptors (Lipinski definition) is 7. The van der Waals surface area contributed by atoms with E-state index in [1.165, 1.54) is 0 Å². The lowest BCUT2D eigenvalue weighted by molar-refractivity contribution is -0.387. The summed E-state index contributed by atoms with van der Waals surface area (Å²) in [6, 6.07) is 18.3. The highest BCUT2D eigenvalue weighted by Crippen LogP contribution is 2.21. The van der Waals surface area contributed by atoms with Gasteiger partial charge < -0.3 is 10.1 Å². The predicted molar refractivity (Wildman–Crippen MR) is 124 cm³/mol. The average Bonchev–Trinajstić information content (AvgIpc) is 2.86. The van der Waals surface area contributed by atoms with E-state index in [0.717, 1.165) is 28.4 Å². The van der Waals surface area contributed by atoms with E-state index in [1.54, 1.807) is 24.3 Å². The maximum atomic E-state index is 13.5. The first-order valence-corrected chi connectivity index (χ1v) is 10.3. The zero-order chi connectivity index (χ0) is 24.9. The Morgan fingerprint density at radius 1 is 1.03 bits per heavy atom. The third-order valence-corrected chi connectivity index (χ3v) is 5.00. The molecule has 0 aliphatic heterocycles. The molecule has 0 fully saturated rings. The lowest BCUT2D eigenvalue weighted by Crippen LogP contribution is -2.28. The minimum Gasteiger partial charge on any atom is -0.451 e. The van der Waals surface area contributed by atoms with Crippen LogP contribution in [0.2, 0.25) is 0 Å². The number of aromatic nitrogens is 2. The van der Waals surface area contributed by atoms with Crippen LogP contribution in [0, 0.1) is 15.9 Å². The summed E-state index contributed by atoms with van der Waals surface area (Å²) in [4.78, 5) is 47.8. The highest BCUT2D eigenvalue weighted by molar-refractivity contribution is 6.03.